The fourth-order valence-electron chi connectivity index (χ4n) is 1.75. The zero-order chi connectivity index (χ0) is 12.1. The van der Waals surface area contributed by atoms with E-state index in [4.69, 9.17) is 5.73 Å². The Kier molecular flexibility index (Phi) is 5.36. The highest BCUT2D eigenvalue weighted by Crippen LogP contribution is 2.20. The van der Waals surface area contributed by atoms with Crippen LogP contribution >= 0.6 is 11.8 Å². The average Bonchev–Trinajstić information content (AvgIpc) is 2.15. The van der Waals surface area contributed by atoms with Crippen LogP contribution in [0.2, 0.25) is 0 Å². The largest absolute Gasteiger partial charge is 0.323 e. The van der Waals surface area contributed by atoms with E-state index >= 15 is 0 Å². The van der Waals surface area contributed by atoms with Crippen molar-refractivity contribution < 1.29 is 0 Å². The van der Waals surface area contributed by atoms with Crippen molar-refractivity contribution in [3.8, 4) is 0 Å². The summed E-state index contributed by atoms with van der Waals surface area (Å²) in [6.07, 6.45) is 0. The number of hydrogen-bond acceptors (Lipinski definition) is 2. The molecule has 0 amide bonds. The van der Waals surface area contributed by atoms with Gasteiger partial charge >= 0.3 is 0 Å². The van der Waals surface area contributed by atoms with Gasteiger partial charge in [0.1, 0.15) is 0 Å². The Morgan fingerprint density at radius 3 is 2.12 bits per heavy atom. The topological polar surface area (TPSA) is 26.0 Å². The molecule has 1 atom stereocenters. The second kappa shape index (κ2) is 6.31. The quantitative estimate of drug-likeness (QED) is 0.845. The lowest BCUT2D eigenvalue weighted by Gasteiger charge is -2.14. The molecule has 90 valence electrons. The Morgan fingerprint density at radius 2 is 1.62 bits per heavy atom. The Hall–Kier alpha value is -0.470. The number of rotatable bonds is 5. The van der Waals surface area contributed by atoms with Crippen molar-refractivity contribution in [3.05, 3.63) is 34.9 Å². The molecule has 2 N–H and O–H groups in total. The summed E-state index contributed by atoms with van der Waals surface area (Å²) in [6.45, 7) is 8.75. The van der Waals surface area contributed by atoms with Crippen molar-refractivity contribution in [3.63, 3.8) is 0 Å². The molecule has 1 rings (SSSR count). The molecule has 0 radical (unpaired) electrons. The molecule has 0 aromatic heterocycles. The maximum atomic E-state index is 6.20. The van der Waals surface area contributed by atoms with Crippen LogP contribution in [0.25, 0.3) is 0 Å². The highest BCUT2D eigenvalue weighted by molar-refractivity contribution is 7.99. The van der Waals surface area contributed by atoms with Crippen molar-refractivity contribution in [2.24, 2.45) is 11.7 Å². The molecule has 0 heterocycles. The third-order valence-corrected chi connectivity index (χ3v) is 3.92. The number of aryl methyl sites for hydroxylation is 2. The van der Waals surface area contributed by atoms with E-state index in [2.05, 4.69) is 45.9 Å². The Balaban J connectivity index is 2.55. The molecule has 1 unspecified atom stereocenters. The fourth-order valence-corrected chi connectivity index (χ4v) is 2.80. The number of benzene rings is 1. The maximum Gasteiger partial charge on any atom is 0.0386 e. The van der Waals surface area contributed by atoms with E-state index in [1.165, 1.54) is 22.4 Å². The number of hydrogen-bond donors (Lipinski definition) is 1. The van der Waals surface area contributed by atoms with Gasteiger partial charge < -0.3 is 5.73 Å². The first-order valence-corrected chi connectivity index (χ1v) is 7.06. The minimum absolute atomic E-state index is 0.169. The Bertz CT molecular complexity index is 313. The van der Waals surface area contributed by atoms with Gasteiger partial charge in [-0.1, -0.05) is 43.2 Å². The van der Waals surface area contributed by atoms with Gasteiger partial charge in [-0.15, -0.1) is 0 Å². The molecular formula is C14H23NS. The molecular weight excluding hydrogens is 214 g/mol. The van der Waals surface area contributed by atoms with E-state index in [1.807, 2.05) is 11.8 Å². The molecule has 0 fully saturated rings. The Morgan fingerprint density at radius 1 is 1.06 bits per heavy atom. The summed E-state index contributed by atoms with van der Waals surface area (Å²) in [4.78, 5) is 0. The summed E-state index contributed by atoms with van der Waals surface area (Å²) >= 11 is 1.95. The van der Waals surface area contributed by atoms with Crippen molar-refractivity contribution in [1.82, 2.24) is 0 Å². The molecule has 1 aromatic carbocycles. The third-order valence-electron chi connectivity index (χ3n) is 2.42. The predicted octanol–water partition coefficient (Wildman–Crippen LogP) is 3.69. The molecule has 1 nitrogen and oxygen atoms in total. The molecule has 1 aromatic rings. The summed E-state index contributed by atoms with van der Waals surface area (Å²) in [5, 5.41) is 0. The van der Waals surface area contributed by atoms with Crippen LogP contribution in [0.5, 0.6) is 0 Å². The molecule has 0 spiro atoms. The highest BCUT2D eigenvalue weighted by atomic mass is 32.2. The summed E-state index contributed by atoms with van der Waals surface area (Å²) in [7, 11) is 0. The van der Waals surface area contributed by atoms with Crippen molar-refractivity contribution in [2.45, 2.75) is 33.7 Å². The summed E-state index contributed by atoms with van der Waals surface area (Å²) < 4.78 is 0. The number of nitrogens with two attached hydrogens (primary N) is 1. The van der Waals surface area contributed by atoms with Gasteiger partial charge in [0.05, 0.1) is 0 Å². The summed E-state index contributed by atoms with van der Waals surface area (Å²) in [5.74, 6) is 2.95. The van der Waals surface area contributed by atoms with Crippen LogP contribution in [0.1, 0.15) is 36.6 Å². The molecule has 0 aliphatic heterocycles. The molecule has 0 saturated heterocycles. The predicted molar refractivity (Wildman–Crippen MR) is 75.0 cm³/mol. The van der Waals surface area contributed by atoms with Gasteiger partial charge in [0.2, 0.25) is 0 Å². The second-order valence-electron chi connectivity index (χ2n) is 4.96. The van der Waals surface area contributed by atoms with Crippen molar-refractivity contribution in [2.75, 3.05) is 11.5 Å². The summed E-state index contributed by atoms with van der Waals surface area (Å²) in [5.41, 5.74) is 10.1. The van der Waals surface area contributed by atoms with Gasteiger partial charge in [0.15, 0.2) is 0 Å². The third kappa shape index (κ3) is 4.58. The minimum Gasteiger partial charge on any atom is -0.323 e. The zero-order valence-corrected chi connectivity index (χ0v) is 11.6. The minimum atomic E-state index is 0.169. The molecule has 0 aliphatic rings. The van der Waals surface area contributed by atoms with Gasteiger partial charge in [-0.2, -0.15) is 11.8 Å². The van der Waals surface area contributed by atoms with E-state index in [0.29, 0.717) is 0 Å². The second-order valence-corrected chi connectivity index (χ2v) is 6.03. The van der Waals surface area contributed by atoms with Crippen LogP contribution in [0, 0.1) is 19.8 Å². The monoisotopic (exact) mass is 237 g/mol. The van der Waals surface area contributed by atoms with E-state index in [9.17, 15) is 0 Å². The van der Waals surface area contributed by atoms with Crippen LogP contribution in [-0.2, 0) is 0 Å². The zero-order valence-electron chi connectivity index (χ0n) is 10.8. The standard InChI is InChI=1S/C14H23NS/c1-10(2)8-16-9-14(15)13-6-11(3)5-12(4)7-13/h5-7,10,14H,8-9,15H2,1-4H3. The average molecular weight is 237 g/mol. The van der Waals surface area contributed by atoms with Gasteiger partial charge in [-0.3, -0.25) is 0 Å². The van der Waals surface area contributed by atoms with Crippen LogP contribution in [0.4, 0.5) is 0 Å². The normalized spacial score (nSPS) is 13.1. The van der Waals surface area contributed by atoms with Crippen LogP contribution in [0.3, 0.4) is 0 Å². The highest BCUT2D eigenvalue weighted by Gasteiger charge is 2.07. The van der Waals surface area contributed by atoms with Crippen molar-refractivity contribution >= 4 is 11.8 Å². The van der Waals surface area contributed by atoms with Gasteiger partial charge in [-0.05, 0) is 31.1 Å². The van der Waals surface area contributed by atoms with Crippen LogP contribution in [-0.4, -0.2) is 11.5 Å². The Labute approximate surface area is 104 Å². The molecule has 0 saturated carbocycles. The lowest BCUT2D eigenvalue weighted by molar-refractivity contribution is 0.746. The van der Waals surface area contributed by atoms with E-state index < -0.39 is 0 Å². The lowest BCUT2D eigenvalue weighted by atomic mass is 10.0. The van der Waals surface area contributed by atoms with E-state index in [0.717, 1.165) is 11.7 Å². The van der Waals surface area contributed by atoms with Gasteiger partial charge in [-0.25, -0.2) is 0 Å². The van der Waals surface area contributed by atoms with Gasteiger partial charge in [0.25, 0.3) is 0 Å². The first kappa shape index (κ1) is 13.6. The molecule has 16 heavy (non-hydrogen) atoms. The van der Waals surface area contributed by atoms with E-state index in [-0.39, 0.29) is 6.04 Å². The molecule has 2 heteroatoms. The van der Waals surface area contributed by atoms with Crippen LogP contribution in [0.15, 0.2) is 18.2 Å². The fraction of sp³-hybridized carbons (Fsp3) is 0.571. The first-order valence-electron chi connectivity index (χ1n) is 5.90. The molecule has 0 aliphatic carbocycles. The van der Waals surface area contributed by atoms with Crippen molar-refractivity contribution in [1.29, 1.82) is 0 Å². The van der Waals surface area contributed by atoms with Crippen LogP contribution < -0.4 is 5.73 Å². The summed E-state index contributed by atoms with van der Waals surface area (Å²) in [6, 6.07) is 6.76. The number of thioether (sulfide) groups is 1. The van der Waals surface area contributed by atoms with Gasteiger partial charge in [0, 0.05) is 11.8 Å². The molecule has 0 bridgehead atoms. The lowest BCUT2D eigenvalue weighted by Crippen LogP contribution is -2.14. The smallest absolute Gasteiger partial charge is 0.0386 e. The van der Waals surface area contributed by atoms with E-state index in [1.54, 1.807) is 0 Å². The SMILES string of the molecule is Cc1cc(C)cc(C(N)CSCC(C)C)c1. The first-order chi connectivity index (χ1) is 7.49. The maximum absolute atomic E-state index is 6.20.